The summed E-state index contributed by atoms with van der Waals surface area (Å²) in [7, 11) is 0. The second kappa shape index (κ2) is 7.79. The number of aromatic nitrogens is 6. The van der Waals surface area contributed by atoms with Crippen molar-refractivity contribution in [1.82, 2.24) is 29.7 Å². The number of nitrogens with one attached hydrogen (secondary N) is 1. The summed E-state index contributed by atoms with van der Waals surface area (Å²) < 4.78 is 8.07. The molecule has 3 aromatic heterocycles. The third-order valence-electron chi connectivity index (χ3n) is 5.50. The van der Waals surface area contributed by atoms with E-state index < -0.39 is 0 Å². The Morgan fingerprint density at radius 3 is 2.88 bits per heavy atom. The van der Waals surface area contributed by atoms with Crippen molar-refractivity contribution in [3.63, 3.8) is 0 Å². The third kappa shape index (κ3) is 3.59. The summed E-state index contributed by atoms with van der Waals surface area (Å²) in [5.41, 5.74) is 4.78. The van der Waals surface area contributed by atoms with E-state index in [0.717, 1.165) is 34.7 Å². The zero-order valence-electron chi connectivity index (χ0n) is 17.2. The maximum atomic E-state index is 6.70. The van der Waals surface area contributed by atoms with Gasteiger partial charge in [0.25, 0.3) is 0 Å². The standard InChI is InChI=1S/C23H19ClN6OS/c1-13-27-17-3-2-16(6-19(17)28-13)31-21-5-4-18-23(22(21)24)29-20(8-25-18)15-7-26-30(10-15)9-14-11-32-12-14/h2-8,10,14H,9,11-12H2,1H3,(H,27,28). The van der Waals surface area contributed by atoms with Crippen molar-refractivity contribution in [1.29, 1.82) is 0 Å². The fourth-order valence-corrected chi connectivity index (χ4v) is 4.82. The van der Waals surface area contributed by atoms with Crippen LogP contribution in [0.15, 0.2) is 48.9 Å². The maximum absolute atomic E-state index is 6.70. The number of aryl methyl sites for hydroxylation is 1. The first-order chi connectivity index (χ1) is 15.6. The number of nitrogens with zero attached hydrogens (tertiary/aromatic N) is 5. The Hall–Kier alpha value is -3.10. The normalized spacial score (nSPS) is 14.2. The number of hydrogen-bond donors (Lipinski definition) is 1. The summed E-state index contributed by atoms with van der Waals surface area (Å²) in [6.07, 6.45) is 5.61. The van der Waals surface area contributed by atoms with Crippen LogP contribution in [0.5, 0.6) is 11.5 Å². The van der Waals surface area contributed by atoms with E-state index in [9.17, 15) is 0 Å². The first-order valence-electron chi connectivity index (χ1n) is 10.3. The van der Waals surface area contributed by atoms with Crippen molar-refractivity contribution in [3.8, 4) is 22.8 Å². The van der Waals surface area contributed by atoms with Crippen LogP contribution in [0.3, 0.4) is 0 Å². The molecule has 0 saturated carbocycles. The van der Waals surface area contributed by atoms with E-state index in [-0.39, 0.29) is 0 Å². The van der Waals surface area contributed by atoms with Gasteiger partial charge in [0.1, 0.15) is 27.9 Å². The first kappa shape index (κ1) is 19.6. The van der Waals surface area contributed by atoms with Crippen molar-refractivity contribution in [3.05, 3.63) is 59.8 Å². The van der Waals surface area contributed by atoms with Gasteiger partial charge in [-0.1, -0.05) is 11.6 Å². The van der Waals surface area contributed by atoms with Crippen LogP contribution in [-0.2, 0) is 6.54 Å². The second-order valence-corrected chi connectivity index (χ2v) is 9.41. The Kier molecular flexibility index (Phi) is 4.77. The molecule has 1 aliphatic heterocycles. The van der Waals surface area contributed by atoms with Gasteiger partial charge in [-0.15, -0.1) is 0 Å². The van der Waals surface area contributed by atoms with Crippen molar-refractivity contribution >= 4 is 45.4 Å². The van der Waals surface area contributed by atoms with Crippen LogP contribution in [0, 0.1) is 12.8 Å². The third-order valence-corrected chi connectivity index (χ3v) is 7.28. The minimum Gasteiger partial charge on any atom is -0.456 e. The Morgan fingerprint density at radius 1 is 1.16 bits per heavy atom. The molecule has 1 N–H and O–H groups in total. The second-order valence-electron chi connectivity index (χ2n) is 7.96. The largest absolute Gasteiger partial charge is 0.456 e. The van der Waals surface area contributed by atoms with E-state index in [2.05, 4.69) is 20.1 Å². The lowest BCUT2D eigenvalue weighted by Gasteiger charge is -2.24. The lowest BCUT2D eigenvalue weighted by molar-refractivity contribution is 0.479. The van der Waals surface area contributed by atoms with Gasteiger partial charge in [-0.25, -0.2) is 9.97 Å². The quantitative estimate of drug-likeness (QED) is 0.372. The van der Waals surface area contributed by atoms with Crippen LogP contribution in [0.2, 0.25) is 5.02 Å². The van der Waals surface area contributed by atoms with Gasteiger partial charge in [-0.2, -0.15) is 16.9 Å². The molecule has 160 valence electrons. The molecule has 0 aliphatic carbocycles. The first-order valence-corrected chi connectivity index (χ1v) is 11.9. The van der Waals surface area contributed by atoms with Crippen LogP contribution in [0.4, 0.5) is 0 Å². The highest BCUT2D eigenvalue weighted by molar-refractivity contribution is 8.00. The van der Waals surface area contributed by atoms with E-state index in [1.54, 1.807) is 6.20 Å². The van der Waals surface area contributed by atoms with Crippen LogP contribution in [-0.4, -0.2) is 41.2 Å². The van der Waals surface area contributed by atoms with E-state index in [0.29, 0.717) is 33.5 Å². The number of hydrogen-bond acceptors (Lipinski definition) is 6. The van der Waals surface area contributed by atoms with E-state index in [1.807, 2.05) is 66.1 Å². The van der Waals surface area contributed by atoms with E-state index in [1.165, 1.54) is 11.5 Å². The van der Waals surface area contributed by atoms with Crippen LogP contribution in [0.25, 0.3) is 33.3 Å². The molecule has 0 atom stereocenters. The molecule has 0 bridgehead atoms. The minimum atomic E-state index is 0.427. The molecule has 0 amide bonds. The van der Waals surface area contributed by atoms with Crippen molar-refractivity contribution in [2.24, 2.45) is 5.92 Å². The van der Waals surface area contributed by atoms with Gasteiger partial charge in [-0.3, -0.25) is 9.67 Å². The number of H-pyrrole nitrogens is 1. The Morgan fingerprint density at radius 2 is 2.03 bits per heavy atom. The van der Waals surface area contributed by atoms with Gasteiger partial charge >= 0.3 is 0 Å². The molecule has 0 unspecified atom stereocenters. The predicted octanol–water partition coefficient (Wildman–Crippen LogP) is 5.49. The number of imidazole rings is 1. The summed E-state index contributed by atoms with van der Waals surface area (Å²) in [6, 6.07) is 9.38. The lowest BCUT2D eigenvalue weighted by Crippen LogP contribution is -2.23. The van der Waals surface area contributed by atoms with Gasteiger partial charge < -0.3 is 9.72 Å². The summed E-state index contributed by atoms with van der Waals surface area (Å²) in [5.74, 6) is 5.17. The zero-order chi connectivity index (χ0) is 21.7. The maximum Gasteiger partial charge on any atom is 0.148 e. The SMILES string of the molecule is Cc1nc2ccc(Oc3ccc4ncc(-c5cnn(CC6CSC6)c5)nc4c3Cl)cc2[nH]1. The molecule has 5 aromatic rings. The van der Waals surface area contributed by atoms with Gasteiger partial charge in [0, 0.05) is 24.4 Å². The van der Waals surface area contributed by atoms with E-state index in [4.69, 9.17) is 21.3 Å². The minimum absolute atomic E-state index is 0.427. The topological polar surface area (TPSA) is 81.5 Å². The highest BCUT2D eigenvalue weighted by Crippen LogP contribution is 2.35. The summed E-state index contributed by atoms with van der Waals surface area (Å²) in [5, 5.41) is 4.92. The lowest BCUT2D eigenvalue weighted by atomic mass is 10.2. The highest BCUT2D eigenvalue weighted by Gasteiger charge is 2.19. The summed E-state index contributed by atoms with van der Waals surface area (Å²) in [4.78, 5) is 17.0. The molecule has 4 heterocycles. The molecule has 6 rings (SSSR count). The van der Waals surface area contributed by atoms with Crippen LogP contribution < -0.4 is 4.74 Å². The van der Waals surface area contributed by atoms with Gasteiger partial charge in [0.05, 0.1) is 34.6 Å². The monoisotopic (exact) mass is 462 g/mol. The fourth-order valence-electron chi connectivity index (χ4n) is 3.80. The number of aromatic amines is 1. The average Bonchev–Trinajstić information content (AvgIpc) is 3.38. The molecular formula is C23H19ClN6OS. The molecule has 0 radical (unpaired) electrons. The molecule has 1 fully saturated rings. The fraction of sp³-hybridized carbons (Fsp3) is 0.217. The van der Waals surface area contributed by atoms with Gasteiger partial charge in [0.2, 0.25) is 0 Å². The Labute approximate surface area is 193 Å². The zero-order valence-corrected chi connectivity index (χ0v) is 18.8. The molecule has 1 saturated heterocycles. The van der Waals surface area contributed by atoms with Crippen molar-refractivity contribution in [2.75, 3.05) is 11.5 Å². The van der Waals surface area contributed by atoms with E-state index >= 15 is 0 Å². The smallest absolute Gasteiger partial charge is 0.148 e. The molecule has 7 nitrogen and oxygen atoms in total. The van der Waals surface area contributed by atoms with Crippen LogP contribution >= 0.6 is 23.4 Å². The number of halogens is 1. The molecule has 32 heavy (non-hydrogen) atoms. The van der Waals surface area contributed by atoms with Gasteiger partial charge in [-0.05, 0) is 48.6 Å². The molecular weight excluding hydrogens is 444 g/mol. The van der Waals surface area contributed by atoms with Crippen molar-refractivity contribution < 1.29 is 4.74 Å². The number of benzene rings is 2. The van der Waals surface area contributed by atoms with Gasteiger partial charge in [0.15, 0.2) is 0 Å². The average molecular weight is 463 g/mol. The summed E-state index contributed by atoms with van der Waals surface area (Å²) >= 11 is 8.68. The summed E-state index contributed by atoms with van der Waals surface area (Å²) in [6.45, 7) is 2.86. The molecule has 9 heteroatoms. The predicted molar refractivity (Wildman–Crippen MR) is 127 cm³/mol. The van der Waals surface area contributed by atoms with Crippen LogP contribution in [0.1, 0.15) is 5.82 Å². The number of ether oxygens (including phenoxy) is 1. The highest BCUT2D eigenvalue weighted by atomic mass is 35.5. The number of fused-ring (bicyclic) bond motifs is 2. The molecule has 0 spiro atoms. The molecule has 1 aliphatic rings. The molecule has 2 aromatic carbocycles. The Bertz CT molecular complexity index is 1460. The number of thioether (sulfide) groups is 1. The van der Waals surface area contributed by atoms with Crippen molar-refractivity contribution in [2.45, 2.75) is 13.5 Å². The Balaban J connectivity index is 1.31. The number of rotatable bonds is 5.